The number of ketones is 1. The Morgan fingerprint density at radius 1 is 1.42 bits per heavy atom. The number of Topliss-reactive ketones (excluding diaryl/α,β-unsaturated/α-hetero) is 1. The van der Waals surface area contributed by atoms with Gasteiger partial charge in [-0.2, -0.15) is 0 Å². The number of benzene rings is 1. The van der Waals surface area contributed by atoms with Crippen LogP contribution in [0, 0.1) is 17.0 Å². The molecule has 0 atom stereocenters. The fourth-order valence-corrected chi connectivity index (χ4v) is 2.40. The van der Waals surface area contributed by atoms with Gasteiger partial charge in [0.25, 0.3) is 5.69 Å². The van der Waals surface area contributed by atoms with Crippen molar-refractivity contribution in [1.29, 1.82) is 0 Å². The zero-order valence-electron chi connectivity index (χ0n) is 10.2. The SMILES string of the molecule is Cc1occc1SCC(=O)c1cccc([N+](=O)[O-])c1. The van der Waals surface area contributed by atoms with Crippen molar-refractivity contribution in [2.45, 2.75) is 11.8 Å². The molecule has 0 bridgehead atoms. The molecule has 2 aromatic rings. The van der Waals surface area contributed by atoms with Gasteiger partial charge < -0.3 is 4.42 Å². The minimum Gasteiger partial charge on any atom is -0.468 e. The Bertz CT molecular complexity index is 621. The number of furan rings is 1. The van der Waals surface area contributed by atoms with E-state index in [1.54, 1.807) is 18.4 Å². The zero-order chi connectivity index (χ0) is 13.8. The predicted octanol–water partition coefficient (Wildman–Crippen LogP) is 3.47. The molecule has 5 nitrogen and oxygen atoms in total. The van der Waals surface area contributed by atoms with Crippen LogP contribution in [0.2, 0.25) is 0 Å². The molecule has 0 aliphatic carbocycles. The summed E-state index contributed by atoms with van der Waals surface area (Å²) in [6, 6.07) is 7.55. The van der Waals surface area contributed by atoms with Crippen molar-refractivity contribution in [2.75, 3.05) is 5.75 Å². The summed E-state index contributed by atoms with van der Waals surface area (Å²) in [6.07, 6.45) is 1.56. The molecule has 1 heterocycles. The third-order valence-corrected chi connectivity index (χ3v) is 3.69. The van der Waals surface area contributed by atoms with Gasteiger partial charge >= 0.3 is 0 Å². The molecule has 0 spiro atoms. The van der Waals surface area contributed by atoms with Gasteiger partial charge in [0, 0.05) is 22.6 Å². The van der Waals surface area contributed by atoms with Crippen LogP contribution in [0.1, 0.15) is 16.1 Å². The third kappa shape index (κ3) is 3.23. The van der Waals surface area contributed by atoms with Crippen molar-refractivity contribution in [2.24, 2.45) is 0 Å². The van der Waals surface area contributed by atoms with Gasteiger partial charge in [0.1, 0.15) is 5.76 Å². The number of carbonyl (C=O) groups is 1. The fraction of sp³-hybridized carbons (Fsp3) is 0.154. The molecule has 2 rings (SSSR count). The standard InChI is InChI=1S/C13H11NO4S/c1-9-13(5-6-18-9)19-8-12(15)10-3-2-4-11(7-10)14(16)17/h2-7H,8H2,1H3. The lowest BCUT2D eigenvalue weighted by molar-refractivity contribution is -0.384. The molecule has 0 radical (unpaired) electrons. The number of thioether (sulfide) groups is 1. The van der Waals surface area contributed by atoms with Crippen LogP contribution < -0.4 is 0 Å². The molecule has 98 valence electrons. The fourth-order valence-electron chi connectivity index (χ4n) is 1.54. The number of non-ortho nitro benzene ring substituents is 1. The lowest BCUT2D eigenvalue weighted by Gasteiger charge is -2.00. The summed E-state index contributed by atoms with van der Waals surface area (Å²) in [5, 5.41) is 10.6. The molecular formula is C13H11NO4S. The van der Waals surface area contributed by atoms with Gasteiger partial charge in [-0.3, -0.25) is 14.9 Å². The second-order valence-electron chi connectivity index (χ2n) is 3.86. The predicted molar refractivity (Wildman–Crippen MR) is 71.6 cm³/mol. The molecule has 0 aliphatic rings. The van der Waals surface area contributed by atoms with Gasteiger partial charge in [-0.1, -0.05) is 12.1 Å². The lowest BCUT2D eigenvalue weighted by Crippen LogP contribution is -2.03. The first kappa shape index (κ1) is 13.4. The highest BCUT2D eigenvalue weighted by Crippen LogP contribution is 2.24. The third-order valence-electron chi connectivity index (χ3n) is 2.55. The first-order chi connectivity index (χ1) is 9.08. The van der Waals surface area contributed by atoms with Gasteiger partial charge in [0.2, 0.25) is 0 Å². The van der Waals surface area contributed by atoms with Crippen LogP contribution in [0.3, 0.4) is 0 Å². The highest BCUT2D eigenvalue weighted by Gasteiger charge is 2.12. The van der Waals surface area contributed by atoms with E-state index in [9.17, 15) is 14.9 Å². The van der Waals surface area contributed by atoms with E-state index in [1.165, 1.54) is 30.0 Å². The first-order valence-electron chi connectivity index (χ1n) is 5.52. The van der Waals surface area contributed by atoms with Crippen molar-refractivity contribution >= 4 is 23.2 Å². The van der Waals surface area contributed by atoms with Gasteiger partial charge in [-0.25, -0.2) is 0 Å². The Hall–Kier alpha value is -2.08. The molecule has 0 amide bonds. The van der Waals surface area contributed by atoms with E-state index in [0.29, 0.717) is 5.56 Å². The van der Waals surface area contributed by atoms with Crippen LogP contribution in [0.15, 0.2) is 45.9 Å². The quantitative estimate of drug-likeness (QED) is 0.362. The number of rotatable bonds is 5. The average Bonchev–Trinajstić information content (AvgIpc) is 2.81. The van der Waals surface area contributed by atoms with Crippen molar-refractivity contribution in [3.05, 3.63) is 58.0 Å². The maximum atomic E-state index is 12.0. The van der Waals surface area contributed by atoms with Gasteiger partial charge in [0.05, 0.1) is 16.9 Å². The smallest absolute Gasteiger partial charge is 0.270 e. The lowest BCUT2D eigenvalue weighted by atomic mass is 10.1. The summed E-state index contributed by atoms with van der Waals surface area (Å²) in [6.45, 7) is 1.82. The molecule has 1 aromatic heterocycles. The van der Waals surface area contributed by atoms with E-state index in [0.717, 1.165) is 10.7 Å². The van der Waals surface area contributed by atoms with Crippen molar-refractivity contribution in [3.63, 3.8) is 0 Å². The summed E-state index contributed by atoms with van der Waals surface area (Å²) < 4.78 is 5.13. The monoisotopic (exact) mass is 277 g/mol. The summed E-state index contributed by atoms with van der Waals surface area (Å²) in [5.41, 5.74) is 0.276. The Morgan fingerprint density at radius 3 is 2.84 bits per heavy atom. The van der Waals surface area contributed by atoms with E-state index in [2.05, 4.69) is 0 Å². The molecule has 1 aromatic carbocycles. The number of aryl methyl sites for hydroxylation is 1. The molecule has 0 N–H and O–H groups in total. The minimum absolute atomic E-state index is 0.0738. The van der Waals surface area contributed by atoms with Crippen molar-refractivity contribution < 1.29 is 14.1 Å². The Morgan fingerprint density at radius 2 is 2.21 bits per heavy atom. The Kier molecular flexibility index (Phi) is 4.01. The molecule has 0 aliphatic heterocycles. The maximum absolute atomic E-state index is 12.0. The number of nitro groups is 1. The summed E-state index contributed by atoms with van der Waals surface area (Å²) in [4.78, 5) is 23.0. The largest absolute Gasteiger partial charge is 0.468 e. The molecular weight excluding hydrogens is 266 g/mol. The number of carbonyl (C=O) groups excluding carboxylic acids is 1. The second kappa shape index (κ2) is 5.71. The normalized spacial score (nSPS) is 10.4. The molecule has 6 heteroatoms. The van der Waals surface area contributed by atoms with E-state index >= 15 is 0 Å². The topological polar surface area (TPSA) is 73.3 Å². The second-order valence-corrected chi connectivity index (χ2v) is 4.88. The number of hydrogen-bond acceptors (Lipinski definition) is 5. The van der Waals surface area contributed by atoms with Gasteiger partial charge in [0.15, 0.2) is 5.78 Å². The van der Waals surface area contributed by atoms with Crippen molar-refractivity contribution in [3.8, 4) is 0 Å². The summed E-state index contributed by atoms with van der Waals surface area (Å²) >= 11 is 1.36. The highest BCUT2D eigenvalue weighted by atomic mass is 32.2. The molecule has 0 saturated heterocycles. The highest BCUT2D eigenvalue weighted by molar-refractivity contribution is 8.00. The van der Waals surface area contributed by atoms with Crippen LogP contribution in [0.25, 0.3) is 0 Å². The van der Waals surface area contributed by atoms with E-state index in [-0.39, 0.29) is 17.2 Å². The molecule has 0 saturated carbocycles. The Balaban J connectivity index is 2.06. The van der Waals surface area contributed by atoms with E-state index < -0.39 is 4.92 Å². The van der Waals surface area contributed by atoms with E-state index in [4.69, 9.17) is 4.42 Å². The first-order valence-corrected chi connectivity index (χ1v) is 6.51. The van der Waals surface area contributed by atoms with Crippen LogP contribution in [0.5, 0.6) is 0 Å². The molecule has 0 fully saturated rings. The van der Waals surface area contributed by atoms with Gasteiger partial charge in [-0.05, 0) is 13.0 Å². The van der Waals surface area contributed by atoms with Crippen molar-refractivity contribution in [1.82, 2.24) is 0 Å². The van der Waals surface area contributed by atoms with Crippen LogP contribution in [0.4, 0.5) is 5.69 Å². The number of nitrogens with zero attached hydrogens (tertiary/aromatic N) is 1. The van der Waals surface area contributed by atoms with Gasteiger partial charge in [-0.15, -0.1) is 11.8 Å². The Labute approximate surface area is 113 Å². The maximum Gasteiger partial charge on any atom is 0.270 e. The zero-order valence-corrected chi connectivity index (χ0v) is 11.0. The van der Waals surface area contributed by atoms with Crippen LogP contribution >= 0.6 is 11.8 Å². The van der Waals surface area contributed by atoms with E-state index in [1.807, 2.05) is 6.92 Å². The molecule has 19 heavy (non-hydrogen) atoms. The molecule has 0 unspecified atom stereocenters. The minimum atomic E-state index is -0.510. The summed E-state index contributed by atoms with van der Waals surface area (Å²) in [5.74, 6) is 0.841. The average molecular weight is 277 g/mol. The summed E-state index contributed by atoms with van der Waals surface area (Å²) in [7, 11) is 0. The number of hydrogen-bond donors (Lipinski definition) is 0. The van der Waals surface area contributed by atoms with Crippen LogP contribution in [-0.4, -0.2) is 16.5 Å². The number of nitro benzene ring substituents is 1. The van der Waals surface area contributed by atoms with Crippen LogP contribution in [-0.2, 0) is 0 Å².